The smallest absolute Gasteiger partial charge is 0.243 e. The van der Waals surface area contributed by atoms with Gasteiger partial charge in [-0.1, -0.05) is 43.7 Å². The van der Waals surface area contributed by atoms with Gasteiger partial charge in [-0.3, -0.25) is 0 Å². The Morgan fingerprint density at radius 2 is 1.91 bits per heavy atom. The molecule has 0 saturated heterocycles. The highest BCUT2D eigenvalue weighted by molar-refractivity contribution is 7.85. The highest BCUT2D eigenvalue weighted by atomic mass is 32.2. The molecule has 122 valence electrons. The maximum atomic E-state index is 10.2. The van der Waals surface area contributed by atoms with E-state index in [1.165, 1.54) is 12.8 Å². The molecule has 0 aliphatic rings. The van der Waals surface area contributed by atoms with E-state index in [9.17, 15) is 13.0 Å². The first kappa shape index (κ1) is 18.4. The Hall–Kier alpha value is -1.66. The Labute approximate surface area is 133 Å². The molecule has 6 heteroatoms. The van der Waals surface area contributed by atoms with Crippen molar-refractivity contribution < 1.29 is 17.5 Å². The van der Waals surface area contributed by atoms with Gasteiger partial charge in [-0.05, 0) is 18.4 Å². The van der Waals surface area contributed by atoms with E-state index < -0.39 is 10.1 Å². The fraction of sp³-hybridized carbons (Fsp3) is 0.438. The molecule has 0 saturated carbocycles. The van der Waals surface area contributed by atoms with Gasteiger partial charge >= 0.3 is 0 Å². The number of benzene rings is 1. The van der Waals surface area contributed by atoms with Gasteiger partial charge in [-0.25, -0.2) is 17.6 Å². The Kier molecular flexibility index (Phi) is 7.84. The molecule has 1 aromatic heterocycles. The molecule has 2 aromatic rings. The van der Waals surface area contributed by atoms with Crippen molar-refractivity contribution >= 4 is 10.1 Å². The lowest BCUT2D eigenvalue weighted by molar-refractivity contribution is -0.671. The van der Waals surface area contributed by atoms with Crippen LogP contribution in [0.2, 0.25) is 0 Å². The minimum atomic E-state index is -4.07. The van der Waals surface area contributed by atoms with Crippen molar-refractivity contribution in [1.29, 1.82) is 0 Å². The number of hydrogen-bond acceptors (Lipinski definition) is 3. The summed E-state index contributed by atoms with van der Waals surface area (Å²) < 4.78 is 35.0. The molecule has 0 bridgehead atoms. The van der Waals surface area contributed by atoms with Gasteiger partial charge in [0.25, 0.3) is 0 Å². The predicted octanol–water partition coefficient (Wildman–Crippen LogP) is 1.89. The quantitative estimate of drug-likeness (QED) is 0.602. The second-order valence-corrected chi connectivity index (χ2v) is 6.69. The van der Waals surface area contributed by atoms with E-state index in [1.807, 2.05) is 25.2 Å². The summed E-state index contributed by atoms with van der Waals surface area (Å²) in [6.07, 6.45) is 9.12. The van der Waals surface area contributed by atoms with Gasteiger partial charge in [0.2, 0.25) is 6.33 Å². The normalized spacial score (nSPS) is 10.9. The van der Waals surface area contributed by atoms with Crippen molar-refractivity contribution in [2.45, 2.75) is 32.7 Å². The van der Waals surface area contributed by atoms with Crippen molar-refractivity contribution in [3.05, 3.63) is 54.6 Å². The topological polar surface area (TPSA) is 66.0 Å². The zero-order valence-electron chi connectivity index (χ0n) is 13.2. The van der Waals surface area contributed by atoms with Gasteiger partial charge < -0.3 is 4.55 Å². The van der Waals surface area contributed by atoms with E-state index in [0.29, 0.717) is 6.42 Å². The molecule has 0 radical (unpaired) electrons. The molecule has 0 N–H and O–H groups in total. The lowest BCUT2D eigenvalue weighted by atomic mass is 10.2. The van der Waals surface area contributed by atoms with Gasteiger partial charge in [0.1, 0.15) is 12.4 Å². The van der Waals surface area contributed by atoms with Gasteiger partial charge in [-0.2, -0.15) is 0 Å². The van der Waals surface area contributed by atoms with Crippen LogP contribution in [0.4, 0.5) is 0 Å². The molecule has 0 aliphatic carbocycles. The lowest BCUT2D eigenvalue weighted by Crippen LogP contribution is -2.23. The average molecular weight is 324 g/mol. The summed E-state index contributed by atoms with van der Waals surface area (Å²) in [6, 6.07) is 9.06. The van der Waals surface area contributed by atoms with E-state index in [0.717, 1.165) is 12.1 Å². The Morgan fingerprint density at radius 3 is 2.41 bits per heavy atom. The molecule has 0 atom stereocenters. The van der Waals surface area contributed by atoms with Gasteiger partial charge in [0.05, 0.1) is 23.7 Å². The predicted molar refractivity (Wildman–Crippen MR) is 85.2 cm³/mol. The van der Waals surface area contributed by atoms with Crippen molar-refractivity contribution in [3.63, 3.8) is 0 Å². The van der Waals surface area contributed by atoms with Crippen LogP contribution in [0.3, 0.4) is 0 Å². The molecule has 2 rings (SSSR count). The first-order valence-electron chi connectivity index (χ1n) is 7.39. The van der Waals surface area contributed by atoms with Crippen LogP contribution in [-0.2, 0) is 30.1 Å². The second-order valence-electron chi connectivity index (χ2n) is 5.17. The molecule has 0 unspecified atom stereocenters. The summed E-state index contributed by atoms with van der Waals surface area (Å²) in [5.41, 5.74) is 0.872. The summed E-state index contributed by atoms with van der Waals surface area (Å²) in [5.74, 6) is -0.322. The molecule has 5 nitrogen and oxygen atoms in total. The third kappa shape index (κ3) is 8.59. The van der Waals surface area contributed by atoms with Crippen LogP contribution in [0.5, 0.6) is 0 Å². The maximum absolute atomic E-state index is 10.2. The molecule has 1 aromatic carbocycles. The van der Waals surface area contributed by atoms with Crippen molar-refractivity contribution in [2.75, 3.05) is 5.75 Å². The highest BCUT2D eigenvalue weighted by Crippen LogP contribution is 2.00. The Morgan fingerprint density at radius 1 is 1.23 bits per heavy atom. The SMILES string of the molecule is CCCCn1cc[n+](C)c1.O=S(=O)([O-])CCc1ccccc1. The molecule has 0 aliphatic heterocycles. The van der Waals surface area contributed by atoms with Gasteiger partial charge in [0.15, 0.2) is 0 Å². The van der Waals surface area contributed by atoms with Crippen LogP contribution in [-0.4, -0.2) is 23.3 Å². The minimum Gasteiger partial charge on any atom is -0.748 e. The van der Waals surface area contributed by atoms with Crippen LogP contribution in [0.25, 0.3) is 0 Å². The third-order valence-corrected chi connectivity index (χ3v) is 3.78. The Balaban J connectivity index is 0.000000224. The van der Waals surface area contributed by atoms with Crippen molar-refractivity contribution in [1.82, 2.24) is 4.57 Å². The molecular weight excluding hydrogens is 300 g/mol. The van der Waals surface area contributed by atoms with Crippen molar-refractivity contribution in [2.24, 2.45) is 7.05 Å². The number of aromatic nitrogens is 2. The molecule has 0 spiro atoms. The monoisotopic (exact) mass is 324 g/mol. The third-order valence-electron chi connectivity index (χ3n) is 3.08. The average Bonchev–Trinajstić information content (AvgIpc) is 2.90. The summed E-state index contributed by atoms with van der Waals surface area (Å²) in [6.45, 7) is 3.36. The fourth-order valence-electron chi connectivity index (χ4n) is 1.86. The van der Waals surface area contributed by atoms with E-state index >= 15 is 0 Å². The molecule has 0 fully saturated rings. The molecule has 22 heavy (non-hydrogen) atoms. The number of hydrogen-bond donors (Lipinski definition) is 0. The fourth-order valence-corrected chi connectivity index (χ4v) is 2.35. The van der Waals surface area contributed by atoms with Gasteiger partial charge in [-0.15, -0.1) is 0 Å². The summed E-state index contributed by atoms with van der Waals surface area (Å²) in [7, 11) is -2.03. The zero-order chi connectivity index (χ0) is 16.4. The van der Waals surface area contributed by atoms with E-state index in [1.54, 1.807) is 12.1 Å². The number of unbranched alkanes of at least 4 members (excludes halogenated alkanes) is 1. The summed E-state index contributed by atoms with van der Waals surface area (Å²) in [5, 5.41) is 0. The standard InChI is InChI=1S/C8H15N2.C8H10O3S/c1-3-4-5-10-7-6-9(2)8-10;9-12(10,11)7-6-8-4-2-1-3-5-8/h6-8H,3-5H2,1-2H3;1-5H,6-7H2,(H,9,10,11)/q+1;/p-1. The van der Waals surface area contributed by atoms with Crippen LogP contribution < -0.4 is 4.57 Å². The van der Waals surface area contributed by atoms with E-state index in [-0.39, 0.29) is 5.75 Å². The van der Waals surface area contributed by atoms with Crippen LogP contribution in [0.15, 0.2) is 49.1 Å². The highest BCUT2D eigenvalue weighted by Gasteiger charge is 1.97. The lowest BCUT2D eigenvalue weighted by Gasteiger charge is -2.05. The first-order valence-corrected chi connectivity index (χ1v) is 8.97. The Bertz CT molecular complexity index is 636. The first-order chi connectivity index (χ1) is 10.4. The van der Waals surface area contributed by atoms with Crippen LogP contribution >= 0.6 is 0 Å². The van der Waals surface area contributed by atoms with E-state index in [4.69, 9.17) is 0 Å². The largest absolute Gasteiger partial charge is 0.748 e. The number of rotatable bonds is 6. The van der Waals surface area contributed by atoms with Crippen molar-refractivity contribution in [3.8, 4) is 0 Å². The molecular formula is C16H24N2O3S. The summed E-state index contributed by atoms with van der Waals surface area (Å²) in [4.78, 5) is 0. The van der Waals surface area contributed by atoms with E-state index in [2.05, 4.69) is 34.8 Å². The molecule has 1 heterocycles. The number of imidazole rings is 1. The van der Waals surface area contributed by atoms with Crippen LogP contribution in [0, 0.1) is 0 Å². The number of aryl methyl sites for hydroxylation is 3. The zero-order valence-corrected chi connectivity index (χ0v) is 14.0. The second kappa shape index (κ2) is 9.38. The number of nitrogens with zero attached hydrogens (tertiary/aromatic N) is 2. The maximum Gasteiger partial charge on any atom is 0.243 e. The van der Waals surface area contributed by atoms with Gasteiger partial charge in [0, 0.05) is 5.75 Å². The van der Waals surface area contributed by atoms with Crippen LogP contribution in [0.1, 0.15) is 25.3 Å². The summed E-state index contributed by atoms with van der Waals surface area (Å²) >= 11 is 0. The molecule has 0 amide bonds. The minimum absolute atomic E-state index is 0.298.